The number of anilines is 2. The fourth-order valence-corrected chi connectivity index (χ4v) is 4.52. The van der Waals surface area contributed by atoms with Gasteiger partial charge in [-0.2, -0.15) is 0 Å². The first-order valence-corrected chi connectivity index (χ1v) is 11.5. The zero-order chi connectivity index (χ0) is 21.9. The standard InChI is InChI=1S/C25H28N4O3/c30-24(26-19-7-9-20(10-8-19)28-13-15-32-16-14-28)18-6-11-21-22(17-18)27-23-5-3-1-2-4-12-29(23)25(21)31/h6-11,17H,1-5,12-16H2,(H,26,30). The molecule has 32 heavy (non-hydrogen) atoms. The summed E-state index contributed by atoms with van der Waals surface area (Å²) in [4.78, 5) is 32.9. The van der Waals surface area contributed by atoms with E-state index in [4.69, 9.17) is 9.72 Å². The molecule has 2 aliphatic heterocycles. The molecule has 1 N–H and O–H groups in total. The summed E-state index contributed by atoms with van der Waals surface area (Å²) in [5.74, 6) is 0.623. The van der Waals surface area contributed by atoms with Crippen molar-refractivity contribution < 1.29 is 9.53 Å². The Morgan fingerprint density at radius 2 is 1.72 bits per heavy atom. The average Bonchev–Trinajstić information content (AvgIpc) is 2.81. The number of rotatable bonds is 3. The number of benzene rings is 2. The number of hydrogen-bond acceptors (Lipinski definition) is 5. The number of morpholine rings is 1. The monoisotopic (exact) mass is 432 g/mol. The minimum absolute atomic E-state index is 0.00226. The molecule has 0 saturated carbocycles. The maximum absolute atomic E-state index is 13.0. The molecule has 0 radical (unpaired) electrons. The van der Waals surface area contributed by atoms with Crippen LogP contribution >= 0.6 is 0 Å². The van der Waals surface area contributed by atoms with Crippen LogP contribution in [-0.4, -0.2) is 41.8 Å². The van der Waals surface area contributed by atoms with E-state index in [1.165, 1.54) is 6.42 Å². The lowest BCUT2D eigenvalue weighted by atomic mass is 10.1. The normalized spacial score (nSPS) is 16.8. The van der Waals surface area contributed by atoms with E-state index in [2.05, 4.69) is 10.2 Å². The van der Waals surface area contributed by atoms with Crippen LogP contribution in [0, 0.1) is 0 Å². The summed E-state index contributed by atoms with van der Waals surface area (Å²) in [6.45, 7) is 3.95. The molecule has 0 atom stereocenters. The largest absolute Gasteiger partial charge is 0.378 e. The van der Waals surface area contributed by atoms with Gasteiger partial charge in [-0.3, -0.25) is 14.2 Å². The van der Waals surface area contributed by atoms with E-state index in [0.717, 1.165) is 75.7 Å². The highest BCUT2D eigenvalue weighted by Crippen LogP contribution is 2.21. The predicted octanol–water partition coefficient (Wildman–Crippen LogP) is 3.60. The van der Waals surface area contributed by atoms with Gasteiger partial charge in [0.05, 0.1) is 24.1 Å². The number of nitrogens with one attached hydrogen (secondary N) is 1. The second kappa shape index (κ2) is 9.12. The molecule has 0 aliphatic carbocycles. The van der Waals surface area contributed by atoms with E-state index < -0.39 is 0 Å². The van der Waals surface area contributed by atoms with Gasteiger partial charge in [0, 0.05) is 43.0 Å². The van der Waals surface area contributed by atoms with E-state index in [1.807, 2.05) is 28.8 Å². The number of carbonyl (C=O) groups is 1. The summed E-state index contributed by atoms with van der Waals surface area (Å²) in [6, 6.07) is 13.0. The van der Waals surface area contributed by atoms with Crippen molar-refractivity contribution in [2.45, 2.75) is 38.6 Å². The molecule has 1 amide bonds. The molecule has 5 rings (SSSR count). The number of aryl methyl sites for hydroxylation is 1. The Morgan fingerprint density at radius 3 is 2.53 bits per heavy atom. The smallest absolute Gasteiger partial charge is 0.261 e. The van der Waals surface area contributed by atoms with Crippen molar-refractivity contribution in [2.24, 2.45) is 0 Å². The van der Waals surface area contributed by atoms with Crippen LogP contribution < -0.4 is 15.8 Å². The summed E-state index contributed by atoms with van der Waals surface area (Å²) in [7, 11) is 0. The first-order valence-electron chi connectivity index (χ1n) is 11.5. The molecule has 7 nitrogen and oxygen atoms in total. The molecular weight excluding hydrogens is 404 g/mol. The van der Waals surface area contributed by atoms with Crippen molar-refractivity contribution in [2.75, 3.05) is 36.5 Å². The third-order valence-electron chi connectivity index (χ3n) is 6.33. The second-order valence-electron chi connectivity index (χ2n) is 8.48. The van der Waals surface area contributed by atoms with Gasteiger partial charge >= 0.3 is 0 Å². The Balaban J connectivity index is 1.36. The number of ether oxygens (including phenoxy) is 1. The molecule has 7 heteroatoms. The third kappa shape index (κ3) is 4.25. The van der Waals surface area contributed by atoms with Crippen molar-refractivity contribution in [3.8, 4) is 0 Å². The quantitative estimate of drug-likeness (QED) is 0.684. The molecule has 0 unspecified atom stereocenters. The third-order valence-corrected chi connectivity index (χ3v) is 6.33. The fourth-order valence-electron chi connectivity index (χ4n) is 4.52. The molecule has 1 fully saturated rings. The van der Waals surface area contributed by atoms with Crippen LogP contribution in [-0.2, 0) is 17.7 Å². The Hall–Kier alpha value is -3.19. The molecule has 2 aromatic carbocycles. The molecule has 0 bridgehead atoms. The summed E-state index contributed by atoms with van der Waals surface area (Å²) < 4.78 is 7.22. The molecule has 1 aromatic heterocycles. The van der Waals surface area contributed by atoms with E-state index in [9.17, 15) is 9.59 Å². The summed E-state index contributed by atoms with van der Waals surface area (Å²) in [5, 5.41) is 3.53. The molecule has 3 aromatic rings. The second-order valence-corrected chi connectivity index (χ2v) is 8.48. The van der Waals surface area contributed by atoms with Crippen LogP contribution in [0.1, 0.15) is 41.9 Å². The van der Waals surface area contributed by atoms with Crippen molar-refractivity contribution in [1.29, 1.82) is 0 Å². The summed E-state index contributed by atoms with van der Waals surface area (Å²) in [5.41, 5.74) is 2.95. The minimum Gasteiger partial charge on any atom is -0.378 e. The number of hydrogen-bond donors (Lipinski definition) is 1. The van der Waals surface area contributed by atoms with Crippen LogP contribution in [0.5, 0.6) is 0 Å². The van der Waals surface area contributed by atoms with Crippen LogP contribution in [0.4, 0.5) is 11.4 Å². The molecule has 166 valence electrons. The maximum Gasteiger partial charge on any atom is 0.261 e. The average molecular weight is 433 g/mol. The minimum atomic E-state index is -0.209. The summed E-state index contributed by atoms with van der Waals surface area (Å²) >= 11 is 0. The van der Waals surface area contributed by atoms with Crippen LogP contribution in [0.25, 0.3) is 10.9 Å². The van der Waals surface area contributed by atoms with Gasteiger partial charge in [-0.15, -0.1) is 0 Å². The maximum atomic E-state index is 13.0. The summed E-state index contributed by atoms with van der Waals surface area (Å²) in [6.07, 6.45) is 5.16. The Labute approximate surface area is 187 Å². The number of nitrogens with zero attached hydrogens (tertiary/aromatic N) is 3. The van der Waals surface area contributed by atoms with Gasteiger partial charge in [-0.25, -0.2) is 4.98 Å². The SMILES string of the molecule is O=C(Nc1ccc(N2CCOCC2)cc1)c1ccc2c(=O)n3c(nc2c1)CCCCCC3. The van der Waals surface area contributed by atoms with Gasteiger partial charge in [0.2, 0.25) is 0 Å². The molecule has 0 spiro atoms. The van der Waals surface area contributed by atoms with Crippen molar-refractivity contribution in [3.63, 3.8) is 0 Å². The van der Waals surface area contributed by atoms with Crippen molar-refractivity contribution >= 4 is 28.2 Å². The molecule has 1 saturated heterocycles. The zero-order valence-electron chi connectivity index (χ0n) is 18.2. The number of carbonyl (C=O) groups excluding carboxylic acids is 1. The first-order chi connectivity index (χ1) is 15.7. The van der Waals surface area contributed by atoms with Crippen LogP contribution in [0.2, 0.25) is 0 Å². The lowest BCUT2D eigenvalue weighted by Crippen LogP contribution is -2.36. The topological polar surface area (TPSA) is 76.5 Å². The molecular formula is C25H28N4O3. The first kappa shape index (κ1) is 20.7. The Bertz CT molecular complexity index is 1180. The van der Waals surface area contributed by atoms with E-state index in [1.54, 1.807) is 18.2 Å². The zero-order valence-corrected chi connectivity index (χ0v) is 18.2. The highest BCUT2D eigenvalue weighted by Gasteiger charge is 2.16. The molecule has 2 aliphatic rings. The molecule has 3 heterocycles. The Morgan fingerprint density at radius 1 is 0.938 bits per heavy atom. The van der Waals surface area contributed by atoms with E-state index >= 15 is 0 Å². The Kier molecular flexibility index (Phi) is 5.90. The van der Waals surface area contributed by atoms with Crippen molar-refractivity contribution in [3.05, 3.63) is 64.2 Å². The van der Waals surface area contributed by atoms with Crippen LogP contribution in [0.15, 0.2) is 47.3 Å². The van der Waals surface area contributed by atoms with Gasteiger partial charge in [-0.05, 0) is 55.3 Å². The lowest BCUT2D eigenvalue weighted by molar-refractivity contribution is 0.102. The number of fused-ring (bicyclic) bond motifs is 2. The highest BCUT2D eigenvalue weighted by molar-refractivity contribution is 6.06. The van der Waals surface area contributed by atoms with Gasteiger partial charge in [0.15, 0.2) is 0 Å². The number of amides is 1. The predicted molar refractivity (Wildman–Crippen MR) is 126 cm³/mol. The lowest BCUT2D eigenvalue weighted by Gasteiger charge is -2.28. The van der Waals surface area contributed by atoms with Crippen molar-refractivity contribution in [1.82, 2.24) is 9.55 Å². The van der Waals surface area contributed by atoms with Gasteiger partial charge < -0.3 is 15.0 Å². The van der Waals surface area contributed by atoms with Gasteiger partial charge in [0.25, 0.3) is 11.5 Å². The van der Waals surface area contributed by atoms with E-state index in [-0.39, 0.29) is 11.5 Å². The highest BCUT2D eigenvalue weighted by atomic mass is 16.5. The number of aromatic nitrogens is 2. The van der Waals surface area contributed by atoms with Crippen LogP contribution in [0.3, 0.4) is 0 Å². The van der Waals surface area contributed by atoms with Gasteiger partial charge in [0.1, 0.15) is 5.82 Å². The van der Waals surface area contributed by atoms with E-state index in [0.29, 0.717) is 16.5 Å². The fraction of sp³-hybridized carbons (Fsp3) is 0.400. The van der Waals surface area contributed by atoms with Gasteiger partial charge in [-0.1, -0.05) is 12.8 Å².